The van der Waals surface area contributed by atoms with E-state index in [1.807, 2.05) is 0 Å². The molecule has 116 valence electrons. The fraction of sp³-hybridized carbons (Fsp3) is 0.214. The van der Waals surface area contributed by atoms with Crippen LogP contribution in [0.5, 0.6) is 0 Å². The topological polar surface area (TPSA) is 54.9 Å². The van der Waals surface area contributed by atoms with Crippen molar-refractivity contribution in [2.75, 3.05) is 16.8 Å². The molecule has 1 heterocycles. The highest BCUT2D eigenvalue weighted by Crippen LogP contribution is 2.25. The highest BCUT2D eigenvalue weighted by Gasteiger charge is 2.08. The van der Waals surface area contributed by atoms with Crippen molar-refractivity contribution < 1.29 is 9.18 Å². The molecule has 0 radical (unpaired) electrons. The highest BCUT2D eigenvalue weighted by atomic mass is 32.2. The van der Waals surface area contributed by atoms with E-state index in [4.69, 9.17) is 0 Å². The number of carbonyl (C=O) groups is 1. The summed E-state index contributed by atoms with van der Waals surface area (Å²) in [5.74, 6) is 1.35. The van der Waals surface area contributed by atoms with Crippen molar-refractivity contribution >= 4 is 45.9 Å². The van der Waals surface area contributed by atoms with E-state index in [0.29, 0.717) is 16.6 Å². The Bertz CT molecular complexity index is 631. The third-order valence-electron chi connectivity index (χ3n) is 2.39. The molecular formula is C14H14FN3OS3. The maximum absolute atomic E-state index is 12.8. The molecule has 4 nitrogen and oxygen atoms in total. The maximum Gasteiger partial charge on any atom is 0.236 e. The van der Waals surface area contributed by atoms with Crippen LogP contribution in [0.15, 0.2) is 41.3 Å². The highest BCUT2D eigenvalue weighted by molar-refractivity contribution is 8.01. The first-order valence-electron chi connectivity index (χ1n) is 6.36. The van der Waals surface area contributed by atoms with E-state index >= 15 is 0 Å². The number of nitrogens with zero attached hydrogens (tertiary/aromatic N) is 2. The molecule has 0 bridgehead atoms. The van der Waals surface area contributed by atoms with Gasteiger partial charge >= 0.3 is 0 Å². The van der Waals surface area contributed by atoms with E-state index in [0.717, 1.165) is 15.7 Å². The molecule has 1 aromatic heterocycles. The van der Waals surface area contributed by atoms with Crippen molar-refractivity contribution in [3.63, 3.8) is 0 Å². The largest absolute Gasteiger partial charge is 0.300 e. The van der Waals surface area contributed by atoms with Gasteiger partial charge in [-0.3, -0.25) is 10.1 Å². The summed E-state index contributed by atoms with van der Waals surface area (Å²) in [7, 11) is 0. The number of rotatable bonds is 8. The van der Waals surface area contributed by atoms with Crippen molar-refractivity contribution in [1.29, 1.82) is 0 Å². The van der Waals surface area contributed by atoms with Crippen LogP contribution in [-0.2, 0) is 10.5 Å². The predicted octanol–water partition coefficient (Wildman–Crippen LogP) is 3.83. The third-order valence-corrected chi connectivity index (χ3v) is 5.36. The Balaban J connectivity index is 1.72. The minimum atomic E-state index is -0.257. The lowest BCUT2D eigenvalue weighted by molar-refractivity contribution is -0.113. The lowest BCUT2D eigenvalue weighted by atomic mass is 10.2. The first-order valence-corrected chi connectivity index (χ1v) is 9.32. The van der Waals surface area contributed by atoms with Gasteiger partial charge in [0, 0.05) is 11.5 Å². The fourth-order valence-corrected chi connectivity index (χ4v) is 3.76. The minimum absolute atomic E-state index is 0.122. The lowest BCUT2D eigenvalue weighted by Gasteiger charge is -2.02. The van der Waals surface area contributed by atoms with Crippen LogP contribution in [0, 0.1) is 5.82 Å². The molecule has 0 atom stereocenters. The van der Waals surface area contributed by atoms with Gasteiger partial charge in [0.15, 0.2) is 4.34 Å². The molecule has 2 aromatic rings. The van der Waals surface area contributed by atoms with Crippen molar-refractivity contribution in [3.8, 4) is 0 Å². The normalized spacial score (nSPS) is 10.4. The molecule has 0 fully saturated rings. The van der Waals surface area contributed by atoms with Gasteiger partial charge in [-0.25, -0.2) is 4.39 Å². The summed E-state index contributed by atoms with van der Waals surface area (Å²) < 4.78 is 13.6. The van der Waals surface area contributed by atoms with Crippen LogP contribution in [0.1, 0.15) is 5.56 Å². The second kappa shape index (κ2) is 8.92. The van der Waals surface area contributed by atoms with E-state index in [1.54, 1.807) is 18.2 Å². The average molecular weight is 355 g/mol. The van der Waals surface area contributed by atoms with Gasteiger partial charge in [-0.1, -0.05) is 41.3 Å². The number of thioether (sulfide) groups is 2. The monoisotopic (exact) mass is 355 g/mol. The summed E-state index contributed by atoms with van der Waals surface area (Å²) in [6.45, 7) is 3.64. The van der Waals surface area contributed by atoms with Gasteiger partial charge < -0.3 is 0 Å². The van der Waals surface area contributed by atoms with Crippen LogP contribution in [0.25, 0.3) is 0 Å². The summed E-state index contributed by atoms with van der Waals surface area (Å²) in [4.78, 5) is 11.8. The van der Waals surface area contributed by atoms with Gasteiger partial charge in [-0.15, -0.1) is 28.5 Å². The molecule has 0 saturated carbocycles. The van der Waals surface area contributed by atoms with Crippen molar-refractivity contribution in [2.24, 2.45) is 0 Å². The molecule has 0 spiro atoms. The molecule has 0 saturated heterocycles. The fourth-order valence-electron chi connectivity index (χ4n) is 1.45. The van der Waals surface area contributed by atoms with Gasteiger partial charge in [-0.2, -0.15) is 0 Å². The molecule has 8 heteroatoms. The number of halogens is 1. The van der Waals surface area contributed by atoms with Gasteiger partial charge in [0.2, 0.25) is 11.0 Å². The molecule has 22 heavy (non-hydrogen) atoms. The third kappa shape index (κ3) is 5.78. The van der Waals surface area contributed by atoms with Gasteiger partial charge in [0.05, 0.1) is 5.75 Å². The average Bonchev–Trinajstić information content (AvgIpc) is 2.94. The Hall–Kier alpha value is -1.38. The number of nitrogens with one attached hydrogen (secondary N) is 1. The SMILES string of the molecule is C=CCSc1nnc(NC(=O)CSCc2ccc(F)cc2)s1. The molecule has 1 aromatic carbocycles. The van der Waals surface area contributed by atoms with Crippen LogP contribution in [0.3, 0.4) is 0 Å². The molecule has 0 aliphatic heterocycles. The molecular weight excluding hydrogens is 341 g/mol. The first kappa shape index (κ1) is 17.0. The van der Waals surface area contributed by atoms with Crippen molar-refractivity contribution in [2.45, 2.75) is 10.1 Å². The minimum Gasteiger partial charge on any atom is -0.300 e. The number of aromatic nitrogens is 2. The van der Waals surface area contributed by atoms with Crippen LogP contribution in [0.4, 0.5) is 9.52 Å². The Morgan fingerprint density at radius 1 is 1.36 bits per heavy atom. The van der Waals surface area contributed by atoms with Crippen molar-refractivity contribution in [1.82, 2.24) is 10.2 Å². The van der Waals surface area contributed by atoms with E-state index in [2.05, 4.69) is 22.1 Å². The maximum atomic E-state index is 12.8. The molecule has 1 amide bonds. The predicted molar refractivity (Wildman–Crippen MR) is 92.0 cm³/mol. The first-order chi connectivity index (χ1) is 10.7. The zero-order valence-electron chi connectivity index (χ0n) is 11.6. The smallest absolute Gasteiger partial charge is 0.236 e. The van der Waals surface area contributed by atoms with Crippen LogP contribution >= 0.6 is 34.9 Å². The number of hydrogen-bond donors (Lipinski definition) is 1. The lowest BCUT2D eigenvalue weighted by Crippen LogP contribution is -2.13. The number of carbonyl (C=O) groups excluding carboxylic acids is 1. The van der Waals surface area contributed by atoms with Crippen molar-refractivity contribution in [3.05, 3.63) is 48.3 Å². The number of anilines is 1. The number of benzene rings is 1. The summed E-state index contributed by atoms with van der Waals surface area (Å²) >= 11 is 4.33. The summed E-state index contributed by atoms with van der Waals surface area (Å²) in [6, 6.07) is 6.27. The Labute approximate surface area is 140 Å². The number of amides is 1. The Kier molecular flexibility index (Phi) is 6.88. The van der Waals surface area contributed by atoms with Gasteiger partial charge in [0.25, 0.3) is 0 Å². The summed E-state index contributed by atoms with van der Waals surface area (Å²) in [6.07, 6.45) is 1.79. The molecule has 0 aliphatic carbocycles. The van der Waals surface area contributed by atoms with E-state index in [-0.39, 0.29) is 11.7 Å². The molecule has 2 rings (SSSR count). The Morgan fingerprint density at radius 3 is 2.86 bits per heavy atom. The zero-order valence-corrected chi connectivity index (χ0v) is 14.1. The van der Waals surface area contributed by atoms with Crippen LogP contribution in [0.2, 0.25) is 0 Å². The van der Waals surface area contributed by atoms with Gasteiger partial charge in [-0.05, 0) is 17.7 Å². The molecule has 0 aliphatic rings. The van der Waals surface area contributed by atoms with E-state index in [9.17, 15) is 9.18 Å². The van der Waals surface area contributed by atoms with E-state index < -0.39 is 0 Å². The standard InChI is InChI=1S/C14H14FN3OS3/c1-2-7-21-14-18-17-13(22-14)16-12(19)9-20-8-10-3-5-11(15)6-4-10/h2-6H,1,7-9H2,(H,16,17,19). The quantitative estimate of drug-likeness (QED) is 0.443. The van der Waals surface area contributed by atoms with Crippen LogP contribution < -0.4 is 5.32 Å². The Morgan fingerprint density at radius 2 is 2.14 bits per heavy atom. The summed E-state index contributed by atoms with van der Waals surface area (Å²) in [5.41, 5.74) is 0.984. The van der Waals surface area contributed by atoms with Crippen LogP contribution in [-0.4, -0.2) is 27.6 Å². The summed E-state index contributed by atoms with van der Waals surface area (Å²) in [5, 5.41) is 11.1. The zero-order chi connectivity index (χ0) is 15.8. The number of hydrogen-bond acceptors (Lipinski definition) is 6. The van der Waals surface area contributed by atoms with E-state index in [1.165, 1.54) is 47.0 Å². The van der Waals surface area contributed by atoms with Gasteiger partial charge in [0.1, 0.15) is 5.82 Å². The molecule has 0 unspecified atom stereocenters. The molecule has 1 N–H and O–H groups in total. The second-order valence-electron chi connectivity index (χ2n) is 4.14. The second-order valence-corrected chi connectivity index (χ2v) is 7.37.